The first-order valence-electron chi connectivity index (χ1n) is 18.0. The van der Waals surface area contributed by atoms with Gasteiger partial charge in [0, 0.05) is 0 Å². The van der Waals surface area contributed by atoms with E-state index in [9.17, 15) is 0 Å². The normalized spacial score (nSPS) is 24.5. The molecule has 1 rings (SSSR count). The van der Waals surface area contributed by atoms with Gasteiger partial charge in [0.15, 0.2) is 0 Å². The third-order valence-corrected chi connectivity index (χ3v) is 31.9. The zero-order valence-electron chi connectivity index (χ0n) is 31.9. The van der Waals surface area contributed by atoms with E-state index in [2.05, 4.69) is 82.3 Å². The van der Waals surface area contributed by atoms with Crippen molar-refractivity contribution in [3.8, 4) is 0 Å². The quantitative estimate of drug-likeness (QED) is 0.0811. The van der Waals surface area contributed by atoms with E-state index in [0.717, 1.165) is 19.3 Å². The van der Waals surface area contributed by atoms with E-state index < -0.39 is 26.7 Å². The Labute approximate surface area is 279 Å². The number of unbranched alkanes of at least 4 members (excludes halogenated alkanes) is 3. The van der Waals surface area contributed by atoms with Crippen LogP contribution < -0.4 is 0 Å². The minimum absolute atomic E-state index is 0.0548. The van der Waals surface area contributed by atoms with Crippen molar-refractivity contribution in [1.82, 2.24) is 0 Å². The summed E-state index contributed by atoms with van der Waals surface area (Å²) >= 11 is -2.87. The fraction of sp³-hybridized carbons (Fsp3) is 1.00. The van der Waals surface area contributed by atoms with Gasteiger partial charge in [0.2, 0.25) is 0 Å². The summed E-state index contributed by atoms with van der Waals surface area (Å²) in [6.45, 7) is 29.2. The second kappa shape index (κ2) is 19.7. The Morgan fingerprint density at radius 1 is 0.818 bits per heavy atom. The van der Waals surface area contributed by atoms with Gasteiger partial charge < -0.3 is 0 Å². The molecule has 0 heterocycles. The third kappa shape index (κ3) is 13.0. The van der Waals surface area contributed by atoms with Crippen LogP contribution in [0.3, 0.4) is 0 Å². The second-order valence-electron chi connectivity index (χ2n) is 16.5. The summed E-state index contributed by atoms with van der Waals surface area (Å²) < 4.78 is 43.2. The molecule has 0 N–H and O–H groups in total. The molecular weight excluding hydrogens is 675 g/mol. The van der Waals surface area contributed by atoms with Crippen LogP contribution in [-0.2, 0) is 28.1 Å². The molecular formula is C36H76O6SiSn. The zero-order valence-corrected chi connectivity index (χ0v) is 35.7. The van der Waals surface area contributed by atoms with Crippen LogP contribution in [0.1, 0.15) is 127 Å². The molecule has 0 aromatic carbocycles. The number of methoxy groups -OCH3 is 2. The molecule has 5 atom stereocenters. The van der Waals surface area contributed by atoms with Crippen molar-refractivity contribution in [2.45, 2.75) is 180 Å². The standard InChI is InChI=1S/C24H49O6Si.3C4H9.Sn/c1-22(2,3)30-21-13-12-20(28-18-26-9)19(16-29-31(10,11)23(4,5)6)24(21,7)14-15-27-17-25-8;3*1-3-4-2;/h15,19-21H,12-14,16-18H2,1-11H3;3*1,3-4H2,2H3;/t19-,20-,21-,24-;;;;/m0..../s1. The molecule has 0 spiro atoms. The molecule has 0 amide bonds. The van der Waals surface area contributed by atoms with Gasteiger partial charge in [-0.3, -0.25) is 0 Å². The fourth-order valence-electron chi connectivity index (χ4n) is 7.03. The Morgan fingerprint density at radius 3 is 1.77 bits per heavy atom. The molecule has 0 aromatic heterocycles. The molecule has 1 unspecified atom stereocenters. The first-order chi connectivity index (χ1) is 20.5. The fourth-order valence-corrected chi connectivity index (χ4v) is 25.7. The second-order valence-corrected chi connectivity index (χ2v) is 35.2. The van der Waals surface area contributed by atoms with Crippen molar-refractivity contribution in [2.75, 3.05) is 34.4 Å². The van der Waals surface area contributed by atoms with Gasteiger partial charge in [0.25, 0.3) is 0 Å². The van der Waals surface area contributed by atoms with Crippen LogP contribution in [0.25, 0.3) is 0 Å². The number of hydrogen-bond acceptors (Lipinski definition) is 6. The van der Waals surface area contributed by atoms with Gasteiger partial charge in [0.1, 0.15) is 0 Å². The molecule has 0 aromatic rings. The Morgan fingerprint density at radius 2 is 1.34 bits per heavy atom. The van der Waals surface area contributed by atoms with Crippen LogP contribution in [0, 0.1) is 11.3 Å². The molecule has 0 radical (unpaired) electrons. The summed E-state index contributed by atoms with van der Waals surface area (Å²) in [6, 6.07) is 0. The molecule has 44 heavy (non-hydrogen) atoms. The Hall–Kier alpha value is 0.776. The predicted octanol–water partition coefficient (Wildman–Crippen LogP) is 10.4. The average molecular weight is 752 g/mol. The Kier molecular flexibility index (Phi) is 19.2. The van der Waals surface area contributed by atoms with Crippen LogP contribution in [0.15, 0.2) is 0 Å². The summed E-state index contributed by atoms with van der Waals surface area (Å²) in [6.07, 6.45) is 10.7. The first kappa shape index (κ1) is 42.8. The SMILES string of the molecule is CCC[CH2][Sn]([CH2]CCC)([CH2]CCC)[CH](C[C@]1(C)[C@@H](OC(C)(C)C)CC[C@H](OCOC)[C@@H]1CO[Si](C)(C)C(C)(C)C)OCOC. The average Bonchev–Trinajstić information content (AvgIpc) is 2.93. The maximum atomic E-state index is 7.07. The van der Waals surface area contributed by atoms with Crippen molar-refractivity contribution in [2.24, 2.45) is 11.3 Å². The van der Waals surface area contributed by atoms with E-state index in [1.165, 1.54) is 51.8 Å². The maximum absolute atomic E-state index is 7.07. The van der Waals surface area contributed by atoms with Crippen molar-refractivity contribution in [3.05, 3.63) is 0 Å². The summed E-state index contributed by atoms with van der Waals surface area (Å²) in [5.74, 6) is 0.175. The Bertz CT molecular complexity index is 745. The van der Waals surface area contributed by atoms with E-state index in [1.54, 1.807) is 14.2 Å². The molecule has 8 heteroatoms. The van der Waals surface area contributed by atoms with Crippen molar-refractivity contribution in [3.63, 3.8) is 0 Å². The van der Waals surface area contributed by atoms with Crippen molar-refractivity contribution >= 4 is 26.7 Å². The molecule has 0 saturated heterocycles. The van der Waals surface area contributed by atoms with E-state index in [-0.39, 0.29) is 38.3 Å². The molecule has 1 aliphatic rings. The Balaban J connectivity index is 3.82. The van der Waals surface area contributed by atoms with Crippen LogP contribution in [0.5, 0.6) is 0 Å². The summed E-state index contributed by atoms with van der Waals surface area (Å²) in [4.78, 5) is 0. The summed E-state index contributed by atoms with van der Waals surface area (Å²) in [5, 5.41) is 0.137. The minimum atomic E-state index is -2.87. The molecule has 0 bridgehead atoms. The van der Waals surface area contributed by atoms with Crippen LogP contribution in [0.4, 0.5) is 0 Å². The van der Waals surface area contributed by atoms with Gasteiger partial charge in [-0.25, -0.2) is 0 Å². The van der Waals surface area contributed by atoms with E-state index >= 15 is 0 Å². The monoisotopic (exact) mass is 752 g/mol. The summed E-state index contributed by atoms with van der Waals surface area (Å²) in [7, 11) is 1.50. The number of rotatable bonds is 22. The number of hydrogen-bond donors (Lipinski definition) is 0. The molecule has 1 saturated carbocycles. The van der Waals surface area contributed by atoms with Crippen LogP contribution in [-0.4, -0.2) is 83.0 Å². The summed E-state index contributed by atoms with van der Waals surface area (Å²) in [5.41, 5.74) is -0.426. The molecule has 1 aliphatic carbocycles. The van der Waals surface area contributed by atoms with E-state index in [0.29, 0.717) is 20.2 Å². The van der Waals surface area contributed by atoms with Crippen molar-refractivity contribution in [1.29, 1.82) is 0 Å². The molecule has 6 nitrogen and oxygen atoms in total. The van der Waals surface area contributed by atoms with Gasteiger partial charge >= 0.3 is 281 Å². The van der Waals surface area contributed by atoms with Crippen LogP contribution >= 0.6 is 0 Å². The van der Waals surface area contributed by atoms with Gasteiger partial charge in [-0.1, -0.05) is 0 Å². The van der Waals surface area contributed by atoms with Crippen molar-refractivity contribution < 1.29 is 28.1 Å². The van der Waals surface area contributed by atoms with Gasteiger partial charge in [-0.15, -0.1) is 0 Å². The third-order valence-electron chi connectivity index (χ3n) is 10.9. The van der Waals surface area contributed by atoms with Crippen LogP contribution in [0.2, 0.25) is 31.4 Å². The van der Waals surface area contributed by atoms with Gasteiger partial charge in [-0.2, -0.15) is 0 Å². The first-order valence-corrected chi connectivity index (χ1v) is 28.6. The predicted molar refractivity (Wildman–Crippen MR) is 192 cm³/mol. The van der Waals surface area contributed by atoms with E-state index in [4.69, 9.17) is 28.1 Å². The molecule has 264 valence electrons. The molecule has 0 aliphatic heterocycles. The van der Waals surface area contributed by atoms with E-state index in [1.807, 2.05) is 0 Å². The zero-order chi connectivity index (χ0) is 33.7. The molecule has 1 fully saturated rings. The van der Waals surface area contributed by atoms with Gasteiger partial charge in [-0.05, 0) is 0 Å². The number of ether oxygens (including phenoxy) is 5. The van der Waals surface area contributed by atoms with Gasteiger partial charge in [0.05, 0.1) is 0 Å². The topological polar surface area (TPSA) is 55.4 Å².